The quantitative estimate of drug-likeness (QED) is 0.305. The van der Waals surface area contributed by atoms with Crippen LogP contribution in [0, 0.1) is 10.1 Å². The summed E-state index contributed by atoms with van der Waals surface area (Å²) in [4.78, 5) is 23.1. The number of nitro groups is 1. The Bertz CT molecular complexity index is 1060. The van der Waals surface area contributed by atoms with Crippen LogP contribution in [0.25, 0.3) is 0 Å². The van der Waals surface area contributed by atoms with E-state index < -0.39 is 16.4 Å². The molecule has 0 amide bonds. The number of hydrogen-bond acceptors (Lipinski definition) is 6. The number of phenols is 1. The van der Waals surface area contributed by atoms with Gasteiger partial charge in [0.25, 0.3) is 0 Å². The van der Waals surface area contributed by atoms with E-state index in [0.29, 0.717) is 16.7 Å². The summed E-state index contributed by atoms with van der Waals surface area (Å²) in [6.45, 7) is 0. The number of nitro benzene ring substituents is 1. The van der Waals surface area contributed by atoms with E-state index in [1.807, 2.05) is 12.1 Å². The second kappa shape index (κ2) is 8.50. The van der Waals surface area contributed by atoms with Crippen molar-refractivity contribution in [3.05, 3.63) is 106 Å². The Balaban J connectivity index is 1.96. The molecule has 0 aliphatic rings. The standard InChI is InChI=1S/C21H15N3O4/c25-19-12-11-15(13-18(19)24(27)28)14-22-23-20(16-7-3-1-4-8-16)21(26)17-9-5-2-6-10-17/h1-14,25H/b22-14+,23-20-. The monoisotopic (exact) mass is 373 g/mol. The molecule has 7 nitrogen and oxygen atoms in total. The number of carbonyl (C=O) groups is 1. The fourth-order valence-electron chi connectivity index (χ4n) is 2.48. The zero-order chi connectivity index (χ0) is 19.9. The summed E-state index contributed by atoms with van der Waals surface area (Å²) in [6.07, 6.45) is 1.29. The van der Waals surface area contributed by atoms with Crippen molar-refractivity contribution in [3.63, 3.8) is 0 Å². The van der Waals surface area contributed by atoms with E-state index >= 15 is 0 Å². The lowest BCUT2D eigenvalue weighted by molar-refractivity contribution is -0.385. The van der Waals surface area contributed by atoms with Crippen LogP contribution >= 0.6 is 0 Å². The van der Waals surface area contributed by atoms with E-state index in [4.69, 9.17) is 0 Å². The molecule has 0 saturated heterocycles. The van der Waals surface area contributed by atoms with Crippen LogP contribution in [0.3, 0.4) is 0 Å². The maximum Gasteiger partial charge on any atom is 0.311 e. The second-order valence-corrected chi connectivity index (χ2v) is 5.76. The highest BCUT2D eigenvalue weighted by Crippen LogP contribution is 2.25. The third-order valence-corrected chi connectivity index (χ3v) is 3.86. The minimum atomic E-state index is -0.690. The van der Waals surface area contributed by atoms with E-state index in [1.54, 1.807) is 48.5 Å². The van der Waals surface area contributed by atoms with Gasteiger partial charge in [-0.3, -0.25) is 14.9 Å². The van der Waals surface area contributed by atoms with Crippen LogP contribution < -0.4 is 0 Å². The number of hydrogen-bond donors (Lipinski definition) is 1. The van der Waals surface area contributed by atoms with Crippen LogP contribution in [0.15, 0.2) is 89.1 Å². The van der Waals surface area contributed by atoms with Gasteiger partial charge in [-0.25, -0.2) is 0 Å². The topological polar surface area (TPSA) is 105 Å². The van der Waals surface area contributed by atoms with Gasteiger partial charge in [-0.2, -0.15) is 5.10 Å². The predicted octanol–water partition coefficient (Wildman–Crippen LogP) is 4.01. The van der Waals surface area contributed by atoms with Gasteiger partial charge in [0.05, 0.1) is 11.1 Å². The highest BCUT2D eigenvalue weighted by molar-refractivity contribution is 6.51. The van der Waals surface area contributed by atoms with Crippen molar-refractivity contribution in [2.75, 3.05) is 0 Å². The molecule has 0 aliphatic carbocycles. The number of phenolic OH excluding ortho intramolecular Hbond substituents is 1. The lowest BCUT2D eigenvalue weighted by Gasteiger charge is -2.04. The summed E-state index contributed by atoms with van der Waals surface area (Å²) in [7, 11) is 0. The zero-order valence-corrected chi connectivity index (χ0v) is 14.6. The molecule has 0 fully saturated rings. The van der Waals surface area contributed by atoms with Crippen LogP contribution in [-0.4, -0.2) is 27.7 Å². The van der Waals surface area contributed by atoms with Gasteiger partial charge in [-0.1, -0.05) is 60.7 Å². The van der Waals surface area contributed by atoms with Crippen LogP contribution in [0.5, 0.6) is 5.75 Å². The smallest absolute Gasteiger partial charge is 0.311 e. The first-order chi connectivity index (χ1) is 13.6. The van der Waals surface area contributed by atoms with Gasteiger partial charge in [0, 0.05) is 22.8 Å². The highest BCUT2D eigenvalue weighted by Gasteiger charge is 2.16. The van der Waals surface area contributed by atoms with E-state index in [0.717, 1.165) is 0 Å². The Morgan fingerprint density at radius 1 is 0.929 bits per heavy atom. The number of benzene rings is 3. The molecule has 0 radical (unpaired) electrons. The van der Waals surface area contributed by atoms with Crippen molar-refractivity contribution in [1.82, 2.24) is 0 Å². The Labute approximate surface area is 160 Å². The number of aromatic hydroxyl groups is 1. The number of ketones is 1. The first-order valence-corrected chi connectivity index (χ1v) is 8.30. The molecule has 0 bridgehead atoms. The molecule has 3 aromatic carbocycles. The molecule has 0 aromatic heterocycles. The molecule has 138 valence electrons. The summed E-state index contributed by atoms with van der Waals surface area (Å²) in [5, 5.41) is 28.4. The molecule has 0 unspecified atom stereocenters. The normalized spacial score (nSPS) is 11.5. The molecule has 0 atom stereocenters. The largest absolute Gasteiger partial charge is 0.502 e. The molecular formula is C21H15N3O4. The lowest BCUT2D eigenvalue weighted by Crippen LogP contribution is -2.15. The van der Waals surface area contributed by atoms with Crippen molar-refractivity contribution < 1.29 is 14.8 Å². The third kappa shape index (κ3) is 4.34. The SMILES string of the molecule is O=C(/C(=N\N=C\c1ccc(O)c([N+](=O)[O-])c1)c1ccccc1)c1ccccc1. The maximum absolute atomic E-state index is 12.8. The van der Waals surface area contributed by atoms with Crippen LogP contribution in [0.2, 0.25) is 0 Å². The fraction of sp³-hybridized carbons (Fsp3) is 0. The molecule has 0 spiro atoms. The predicted molar refractivity (Wildman–Crippen MR) is 106 cm³/mol. The number of nitrogens with zero attached hydrogens (tertiary/aromatic N) is 3. The first kappa shape index (κ1) is 18.7. The Hall–Kier alpha value is -4.13. The molecule has 0 saturated carbocycles. The number of Topliss-reactive ketones (excluding diaryl/α,β-unsaturated/α-hetero) is 1. The summed E-state index contributed by atoms with van der Waals surface area (Å²) >= 11 is 0. The summed E-state index contributed by atoms with van der Waals surface area (Å²) in [5.41, 5.74) is 1.16. The summed E-state index contributed by atoms with van der Waals surface area (Å²) in [5.74, 6) is -0.726. The second-order valence-electron chi connectivity index (χ2n) is 5.76. The molecule has 0 heterocycles. The van der Waals surface area contributed by atoms with Crippen LogP contribution in [-0.2, 0) is 0 Å². The summed E-state index contributed by atoms with van der Waals surface area (Å²) < 4.78 is 0. The maximum atomic E-state index is 12.8. The van der Waals surface area contributed by atoms with Crippen molar-refractivity contribution in [2.24, 2.45) is 10.2 Å². The third-order valence-electron chi connectivity index (χ3n) is 3.86. The Kier molecular flexibility index (Phi) is 5.66. The van der Waals surface area contributed by atoms with Crippen LogP contribution in [0.1, 0.15) is 21.5 Å². The Morgan fingerprint density at radius 3 is 2.14 bits per heavy atom. The van der Waals surface area contributed by atoms with E-state index in [-0.39, 0.29) is 11.5 Å². The fourth-order valence-corrected chi connectivity index (χ4v) is 2.48. The van der Waals surface area contributed by atoms with Crippen molar-refractivity contribution >= 4 is 23.4 Å². The van der Waals surface area contributed by atoms with E-state index in [1.165, 1.54) is 24.4 Å². The Morgan fingerprint density at radius 2 is 1.54 bits per heavy atom. The lowest BCUT2D eigenvalue weighted by atomic mass is 10.0. The number of rotatable bonds is 6. The van der Waals surface area contributed by atoms with Gasteiger partial charge in [0.1, 0.15) is 5.71 Å². The molecular weight excluding hydrogens is 358 g/mol. The van der Waals surface area contributed by atoms with Gasteiger partial charge in [0.2, 0.25) is 5.78 Å². The zero-order valence-electron chi connectivity index (χ0n) is 14.6. The van der Waals surface area contributed by atoms with Gasteiger partial charge >= 0.3 is 5.69 Å². The summed E-state index contributed by atoms with van der Waals surface area (Å²) in [6, 6.07) is 21.5. The average Bonchev–Trinajstić information content (AvgIpc) is 2.73. The van der Waals surface area contributed by atoms with Gasteiger partial charge in [0.15, 0.2) is 5.75 Å². The minimum absolute atomic E-state index is 0.149. The average molecular weight is 373 g/mol. The number of carbonyl (C=O) groups excluding carboxylic acids is 1. The molecule has 3 rings (SSSR count). The van der Waals surface area contributed by atoms with Crippen molar-refractivity contribution in [2.45, 2.75) is 0 Å². The molecule has 7 heteroatoms. The van der Waals surface area contributed by atoms with Crippen molar-refractivity contribution in [3.8, 4) is 5.75 Å². The van der Waals surface area contributed by atoms with E-state index in [9.17, 15) is 20.0 Å². The first-order valence-electron chi connectivity index (χ1n) is 8.30. The van der Waals surface area contributed by atoms with Gasteiger partial charge in [-0.05, 0) is 12.1 Å². The van der Waals surface area contributed by atoms with E-state index in [2.05, 4.69) is 10.2 Å². The molecule has 0 aliphatic heterocycles. The molecule has 1 N–H and O–H groups in total. The highest BCUT2D eigenvalue weighted by atomic mass is 16.6. The van der Waals surface area contributed by atoms with Crippen molar-refractivity contribution in [1.29, 1.82) is 0 Å². The van der Waals surface area contributed by atoms with Gasteiger partial charge in [-0.15, -0.1) is 5.10 Å². The molecule has 28 heavy (non-hydrogen) atoms. The van der Waals surface area contributed by atoms with Gasteiger partial charge < -0.3 is 5.11 Å². The minimum Gasteiger partial charge on any atom is -0.502 e. The van der Waals surface area contributed by atoms with Crippen LogP contribution in [0.4, 0.5) is 5.69 Å². The molecule has 3 aromatic rings.